The van der Waals surface area contributed by atoms with Crippen LogP contribution in [0.1, 0.15) is 78.9 Å². The minimum absolute atomic E-state index is 0.00348. The van der Waals surface area contributed by atoms with Crippen LogP contribution in [0.4, 0.5) is 9.93 Å². The molecule has 9 nitrogen and oxygen atoms in total. The average Bonchev–Trinajstić information content (AvgIpc) is 3.51. The van der Waals surface area contributed by atoms with Crippen LogP contribution in [-0.2, 0) is 20.7 Å². The van der Waals surface area contributed by atoms with E-state index in [-0.39, 0.29) is 23.3 Å². The average molecular weight is 564 g/mol. The highest BCUT2D eigenvalue weighted by Crippen LogP contribution is 2.33. The summed E-state index contributed by atoms with van der Waals surface area (Å²) >= 11 is 3.09. The minimum Gasteiger partial charge on any atom is -0.444 e. The molecule has 2 aromatic heterocycles. The van der Waals surface area contributed by atoms with Gasteiger partial charge >= 0.3 is 6.09 Å². The van der Waals surface area contributed by atoms with E-state index in [1.54, 1.807) is 24.2 Å². The molecule has 0 atom stereocenters. The number of ether oxygens (including phenoxy) is 1. The van der Waals surface area contributed by atoms with Crippen molar-refractivity contribution in [1.29, 1.82) is 0 Å². The largest absolute Gasteiger partial charge is 0.444 e. The van der Waals surface area contributed by atoms with Crippen molar-refractivity contribution in [2.24, 2.45) is 5.92 Å². The molecule has 2 aliphatic heterocycles. The lowest BCUT2D eigenvalue weighted by Crippen LogP contribution is -2.50. The lowest BCUT2D eigenvalue weighted by molar-refractivity contribution is -0.121. The Bertz CT molecular complexity index is 1090. The molecule has 4 rings (SSSR count). The van der Waals surface area contributed by atoms with Crippen LogP contribution in [0.25, 0.3) is 0 Å². The Kier molecular flexibility index (Phi) is 9.09. The maximum Gasteiger partial charge on any atom is 0.410 e. The summed E-state index contributed by atoms with van der Waals surface area (Å²) in [5, 5.41) is 3.66. The summed E-state index contributed by atoms with van der Waals surface area (Å²) in [5.41, 5.74) is -0.531. The number of carbonyl (C=O) groups is 2. The van der Waals surface area contributed by atoms with Gasteiger partial charge in [-0.2, -0.15) is 0 Å². The number of thiazole rings is 1. The van der Waals surface area contributed by atoms with Gasteiger partial charge in [-0.25, -0.2) is 14.8 Å². The molecule has 0 aliphatic carbocycles. The summed E-state index contributed by atoms with van der Waals surface area (Å²) in [6, 6.07) is 0.458. The summed E-state index contributed by atoms with van der Waals surface area (Å²) in [6.45, 7) is 15.2. The van der Waals surface area contributed by atoms with Gasteiger partial charge < -0.3 is 24.3 Å². The number of carbonyl (C=O) groups excluding carboxylic acids is 2. The SMILES string of the molecule is CC(C)(C)OC(=O)N1CCC(N2CCC(C(=O)Nc3ncc(SCc4ncc(C(C)(C)C)o4)s3)CC2)CC1. The van der Waals surface area contributed by atoms with E-state index in [9.17, 15) is 9.59 Å². The van der Waals surface area contributed by atoms with Gasteiger partial charge in [0.2, 0.25) is 11.8 Å². The highest BCUT2D eigenvalue weighted by atomic mass is 32.2. The maximum atomic E-state index is 12.9. The third-order valence-corrected chi connectivity index (χ3v) is 8.97. The Morgan fingerprint density at radius 2 is 1.74 bits per heavy atom. The van der Waals surface area contributed by atoms with Crippen molar-refractivity contribution in [1.82, 2.24) is 19.8 Å². The number of rotatable bonds is 6. The standard InChI is InChI=1S/C27H41N5O4S2/c1-26(2,3)20-15-28-21(35-20)17-37-22-16-29-24(38-22)30-23(33)18-7-11-31(12-8-18)19-9-13-32(14-10-19)25(34)36-27(4,5)6/h15-16,18-19H,7-14,17H2,1-6H3,(H,29,30,33). The third-order valence-electron chi connectivity index (χ3n) is 6.88. The van der Waals surface area contributed by atoms with Crippen molar-refractivity contribution in [3.05, 3.63) is 24.0 Å². The molecule has 4 heterocycles. The summed E-state index contributed by atoms with van der Waals surface area (Å²) in [7, 11) is 0. The van der Waals surface area contributed by atoms with E-state index in [0.717, 1.165) is 61.8 Å². The van der Waals surface area contributed by atoms with Crippen molar-refractivity contribution < 1.29 is 18.7 Å². The van der Waals surface area contributed by atoms with Crippen molar-refractivity contribution in [2.75, 3.05) is 31.5 Å². The van der Waals surface area contributed by atoms with Crippen LogP contribution in [0.3, 0.4) is 0 Å². The zero-order chi connectivity index (χ0) is 27.5. The first-order valence-corrected chi connectivity index (χ1v) is 15.2. The van der Waals surface area contributed by atoms with Crippen molar-refractivity contribution >= 4 is 40.2 Å². The van der Waals surface area contributed by atoms with Crippen LogP contribution in [0.5, 0.6) is 0 Å². The van der Waals surface area contributed by atoms with E-state index < -0.39 is 5.60 Å². The molecule has 0 unspecified atom stereocenters. The van der Waals surface area contributed by atoms with Crippen molar-refractivity contribution in [3.63, 3.8) is 0 Å². The topological polar surface area (TPSA) is 101 Å². The molecule has 2 fully saturated rings. The van der Waals surface area contributed by atoms with Gasteiger partial charge in [-0.3, -0.25) is 4.79 Å². The number of hydrogen-bond acceptors (Lipinski definition) is 9. The van der Waals surface area contributed by atoms with Gasteiger partial charge in [0.25, 0.3) is 0 Å². The number of aromatic nitrogens is 2. The van der Waals surface area contributed by atoms with E-state index >= 15 is 0 Å². The number of thioether (sulfide) groups is 1. The first-order chi connectivity index (χ1) is 17.9. The molecule has 0 saturated carbocycles. The lowest BCUT2D eigenvalue weighted by atomic mass is 9.93. The second-order valence-electron chi connectivity index (χ2n) is 12.1. The van der Waals surface area contributed by atoms with Gasteiger partial charge in [-0.1, -0.05) is 32.1 Å². The first-order valence-electron chi connectivity index (χ1n) is 13.4. The van der Waals surface area contributed by atoms with Crippen LogP contribution in [-0.4, -0.2) is 69.6 Å². The van der Waals surface area contributed by atoms with Gasteiger partial charge in [-0.05, 0) is 59.5 Å². The van der Waals surface area contributed by atoms with Gasteiger partial charge in [-0.15, -0.1) is 11.8 Å². The molecule has 2 aromatic rings. The minimum atomic E-state index is -0.469. The number of nitrogens with zero attached hydrogens (tertiary/aromatic N) is 4. The molecule has 210 valence electrons. The fourth-order valence-electron chi connectivity index (χ4n) is 4.71. The van der Waals surface area contributed by atoms with Gasteiger partial charge in [0, 0.05) is 30.5 Å². The van der Waals surface area contributed by atoms with E-state index in [1.807, 2.05) is 25.7 Å². The number of oxazole rings is 1. The molecule has 0 radical (unpaired) electrons. The molecular formula is C27H41N5O4S2. The lowest BCUT2D eigenvalue weighted by Gasteiger charge is -2.41. The molecule has 0 spiro atoms. The predicted octanol–water partition coefficient (Wildman–Crippen LogP) is 5.77. The Labute approximate surface area is 234 Å². The third kappa shape index (κ3) is 7.95. The van der Waals surface area contributed by atoms with Crippen LogP contribution in [0.15, 0.2) is 21.0 Å². The van der Waals surface area contributed by atoms with E-state index in [1.165, 1.54) is 11.3 Å². The summed E-state index contributed by atoms with van der Waals surface area (Å²) in [5.74, 6) is 2.25. The second-order valence-corrected chi connectivity index (χ2v) is 14.4. The Balaban J connectivity index is 1.17. The molecule has 0 bridgehead atoms. The smallest absolute Gasteiger partial charge is 0.410 e. The van der Waals surface area contributed by atoms with Crippen molar-refractivity contribution in [2.45, 2.75) is 94.2 Å². The second kappa shape index (κ2) is 12.0. The molecule has 38 heavy (non-hydrogen) atoms. The highest BCUT2D eigenvalue weighted by Gasteiger charge is 2.33. The fourth-order valence-corrected chi connectivity index (χ4v) is 6.44. The molecule has 11 heteroatoms. The molecule has 2 aliphatic rings. The van der Waals surface area contributed by atoms with Crippen LogP contribution in [0.2, 0.25) is 0 Å². The first kappa shape index (κ1) is 28.9. The number of hydrogen-bond donors (Lipinski definition) is 1. The Morgan fingerprint density at radius 1 is 1.05 bits per heavy atom. The van der Waals surface area contributed by atoms with E-state index in [0.29, 0.717) is 22.8 Å². The zero-order valence-corrected chi connectivity index (χ0v) is 25.0. The van der Waals surface area contributed by atoms with Gasteiger partial charge in [0.15, 0.2) is 5.13 Å². The summed E-state index contributed by atoms with van der Waals surface area (Å²) in [6.07, 6.45) is 6.94. The van der Waals surface area contributed by atoms with E-state index in [4.69, 9.17) is 9.15 Å². The Hall–Kier alpha value is -2.11. The van der Waals surface area contributed by atoms with Crippen LogP contribution < -0.4 is 5.32 Å². The highest BCUT2D eigenvalue weighted by molar-refractivity contribution is 8.00. The fraction of sp³-hybridized carbons (Fsp3) is 0.704. The zero-order valence-electron chi connectivity index (χ0n) is 23.4. The number of likely N-dealkylation sites (tertiary alicyclic amines) is 2. The Morgan fingerprint density at radius 3 is 2.34 bits per heavy atom. The number of piperidine rings is 2. The molecular weight excluding hydrogens is 522 g/mol. The normalized spacial score (nSPS) is 18.5. The summed E-state index contributed by atoms with van der Waals surface area (Å²) in [4.78, 5) is 38.3. The monoisotopic (exact) mass is 563 g/mol. The number of nitrogens with one attached hydrogen (secondary N) is 1. The quantitative estimate of drug-likeness (QED) is 0.442. The molecule has 2 saturated heterocycles. The summed E-state index contributed by atoms with van der Waals surface area (Å²) < 4.78 is 12.4. The van der Waals surface area contributed by atoms with Gasteiger partial charge in [0.1, 0.15) is 11.4 Å². The van der Waals surface area contributed by atoms with Crippen LogP contribution >= 0.6 is 23.1 Å². The molecule has 0 aromatic carbocycles. The van der Waals surface area contributed by atoms with Crippen LogP contribution in [0, 0.1) is 5.92 Å². The molecule has 2 amide bonds. The van der Waals surface area contributed by atoms with Crippen molar-refractivity contribution in [3.8, 4) is 0 Å². The molecule has 1 N–H and O–H groups in total. The van der Waals surface area contributed by atoms with E-state index in [2.05, 4.69) is 41.0 Å². The van der Waals surface area contributed by atoms with Gasteiger partial charge in [0.05, 0.1) is 22.4 Å². The maximum absolute atomic E-state index is 12.9. The number of anilines is 1. The number of amides is 2. The predicted molar refractivity (Wildman–Crippen MR) is 151 cm³/mol.